The Morgan fingerprint density at radius 1 is 1.20 bits per heavy atom. The molecule has 1 fully saturated rings. The van der Waals surface area contributed by atoms with Gasteiger partial charge in [0, 0.05) is 17.0 Å². The topological polar surface area (TPSA) is 12.0 Å². The fourth-order valence-electron chi connectivity index (χ4n) is 3.43. The molecule has 1 aliphatic carbocycles. The first-order chi connectivity index (χ1) is 9.66. The fraction of sp³-hybridized carbons (Fsp3) is 0.778. The smallest absolute Gasteiger partial charge is 0.0445 e. The molecule has 0 aromatic carbocycles. The zero-order valence-corrected chi connectivity index (χ0v) is 14.2. The van der Waals surface area contributed by atoms with Crippen molar-refractivity contribution in [1.29, 1.82) is 0 Å². The molecule has 1 aromatic heterocycles. The van der Waals surface area contributed by atoms with Gasteiger partial charge in [-0.2, -0.15) is 0 Å². The van der Waals surface area contributed by atoms with Crippen molar-refractivity contribution in [3.63, 3.8) is 0 Å². The van der Waals surface area contributed by atoms with Gasteiger partial charge in [-0.3, -0.25) is 0 Å². The lowest BCUT2D eigenvalue weighted by molar-refractivity contribution is 0.325. The Morgan fingerprint density at radius 2 is 1.95 bits per heavy atom. The van der Waals surface area contributed by atoms with Crippen molar-refractivity contribution in [3.8, 4) is 0 Å². The Morgan fingerprint density at radius 3 is 2.55 bits per heavy atom. The molecule has 2 atom stereocenters. The lowest BCUT2D eigenvalue weighted by atomic mass is 9.95. The van der Waals surface area contributed by atoms with Crippen LogP contribution in [0.5, 0.6) is 0 Å². The maximum atomic E-state index is 3.95. The van der Waals surface area contributed by atoms with Gasteiger partial charge in [0.1, 0.15) is 0 Å². The Labute approximate surface area is 129 Å². The average molecular weight is 294 g/mol. The highest BCUT2D eigenvalue weighted by atomic mass is 32.1. The second-order valence-electron chi connectivity index (χ2n) is 6.93. The van der Waals surface area contributed by atoms with Crippen LogP contribution in [0, 0.1) is 11.8 Å². The summed E-state index contributed by atoms with van der Waals surface area (Å²) in [7, 11) is 0. The third-order valence-corrected chi connectivity index (χ3v) is 5.56. The van der Waals surface area contributed by atoms with Gasteiger partial charge >= 0.3 is 0 Å². The first-order valence-electron chi connectivity index (χ1n) is 8.46. The molecule has 1 saturated carbocycles. The van der Waals surface area contributed by atoms with E-state index in [2.05, 4.69) is 43.6 Å². The first kappa shape index (κ1) is 16.0. The van der Waals surface area contributed by atoms with Crippen molar-refractivity contribution in [2.45, 2.75) is 77.8 Å². The van der Waals surface area contributed by atoms with E-state index in [4.69, 9.17) is 0 Å². The predicted molar refractivity (Wildman–Crippen MR) is 90.3 cm³/mol. The van der Waals surface area contributed by atoms with Crippen molar-refractivity contribution in [2.24, 2.45) is 11.8 Å². The third kappa shape index (κ3) is 4.89. The molecule has 1 aromatic rings. The number of hydrogen-bond donors (Lipinski definition) is 1. The van der Waals surface area contributed by atoms with Crippen LogP contribution in [0.1, 0.15) is 76.6 Å². The summed E-state index contributed by atoms with van der Waals surface area (Å²) >= 11 is 1.93. The second-order valence-corrected chi connectivity index (χ2v) is 7.91. The minimum atomic E-state index is 0.603. The van der Waals surface area contributed by atoms with Gasteiger partial charge in [0.05, 0.1) is 0 Å². The standard InChI is InChI=1S/C18H31NS/c1-14(2)8-6-9-15(3)19-18(16-10-4-5-11-16)17-12-7-13-20-17/h7,12-16,18-19H,4-6,8-11H2,1-3H3. The van der Waals surface area contributed by atoms with E-state index in [-0.39, 0.29) is 0 Å². The highest BCUT2D eigenvalue weighted by Crippen LogP contribution is 2.37. The fourth-order valence-corrected chi connectivity index (χ4v) is 4.31. The van der Waals surface area contributed by atoms with Crippen LogP contribution in [0.4, 0.5) is 0 Å². The summed E-state index contributed by atoms with van der Waals surface area (Å²) in [6.45, 7) is 7.02. The number of thiophene rings is 1. The minimum absolute atomic E-state index is 0.603. The molecule has 2 rings (SSSR count). The third-order valence-electron chi connectivity index (χ3n) is 4.60. The van der Waals surface area contributed by atoms with E-state index in [1.54, 1.807) is 4.88 Å². The highest BCUT2D eigenvalue weighted by molar-refractivity contribution is 7.10. The van der Waals surface area contributed by atoms with Crippen molar-refractivity contribution in [1.82, 2.24) is 5.32 Å². The Hall–Kier alpha value is -0.340. The van der Waals surface area contributed by atoms with Crippen molar-refractivity contribution in [2.75, 3.05) is 0 Å². The number of nitrogens with one attached hydrogen (secondary N) is 1. The predicted octanol–water partition coefficient (Wildman–Crippen LogP) is 5.78. The van der Waals surface area contributed by atoms with Crippen LogP contribution >= 0.6 is 11.3 Å². The van der Waals surface area contributed by atoms with Crippen molar-refractivity contribution >= 4 is 11.3 Å². The van der Waals surface area contributed by atoms with Gasteiger partial charge in [-0.15, -0.1) is 11.3 Å². The van der Waals surface area contributed by atoms with Crippen LogP contribution in [0.15, 0.2) is 17.5 Å². The SMILES string of the molecule is CC(C)CCCC(C)NC(c1cccs1)C1CCCC1. The van der Waals surface area contributed by atoms with Gasteiger partial charge in [0.15, 0.2) is 0 Å². The van der Waals surface area contributed by atoms with Crippen LogP contribution in [0.25, 0.3) is 0 Å². The maximum absolute atomic E-state index is 3.95. The van der Waals surface area contributed by atoms with E-state index >= 15 is 0 Å². The summed E-state index contributed by atoms with van der Waals surface area (Å²) < 4.78 is 0. The summed E-state index contributed by atoms with van der Waals surface area (Å²) in [5.41, 5.74) is 0. The molecular formula is C18H31NS. The number of hydrogen-bond acceptors (Lipinski definition) is 2. The lowest BCUT2D eigenvalue weighted by Crippen LogP contribution is -2.34. The van der Waals surface area contributed by atoms with E-state index in [1.807, 2.05) is 11.3 Å². The molecule has 2 unspecified atom stereocenters. The summed E-state index contributed by atoms with van der Waals surface area (Å²) in [5.74, 6) is 1.70. The Kier molecular flexibility index (Phi) is 6.57. The Bertz CT molecular complexity index is 352. The molecule has 0 radical (unpaired) electrons. The largest absolute Gasteiger partial charge is 0.306 e. The molecule has 1 heterocycles. The van der Waals surface area contributed by atoms with Crippen LogP contribution < -0.4 is 5.32 Å². The van der Waals surface area contributed by atoms with E-state index in [9.17, 15) is 0 Å². The molecule has 0 spiro atoms. The van der Waals surface area contributed by atoms with Gasteiger partial charge in [0.25, 0.3) is 0 Å². The second kappa shape index (κ2) is 8.19. The lowest BCUT2D eigenvalue weighted by Gasteiger charge is -2.28. The van der Waals surface area contributed by atoms with Gasteiger partial charge in [-0.1, -0.05) is 45.6 Å². The molecule has 1 N–H and O–H groups in total. The van der Waals surface area contributed by atoms with Gasteiger partial charge in [0.2, 0.25) is 0 Å². The van der Waals surface area contributed by atoms with Crippen LogP contribution in [0.3, 0.4) is 0 Å². The molecule has 2 heteroatoms. The summed E-state index contributed by atoms with van der Waals surface area (Å²) in [6.07, 6.45) is 9.70. The molecule has 20 heavy (non-hydrogen) atoms. The van der Waals surface area contributed by atoms with Gasteiger partial charge in [-0.25, -0.2) is 0 Å². The molecule has 0 bridgehead atoms. The minimum Gasteiger partial charge on any atom is -0.306 e. The van der Waals surface area contributed by atoms with Crippen LogP contribution in [-0.2, 0) is 0 Å². The van der Waals surface area contributed by atoms with Crippen molar-refractivity contribution < 1.29 is 0 Å². The van der Waals surface area contributed by atoms with Gasteiger partial charge < -0.3 is 5.32 Å². The zero-order valence-electron chi connectivity index (χ0n) is 13.4. The van der Waals surface area contributed by atoms with Crippen molar-refractivity contribution in [3.05, 3.63) is 22.4 Å². The molecule has 0 saturated heterocycles. The van der Waals surface area contributed by atoms with E-state index in [1.165, 1.54) is 44.9 Å². The first-order valence-corrected chi connectivity index (χ1v) is 9.34. The Balaban J connectivity index is 1.87. The van der Waals surface area contributed by atoms with Crippen LogP contribution in [-0.4, -0.2) is 6.04 Å². The quantitative estimate of drug-likeness (QED) is 0.640. The summed E-state index contributed by atoms with van der Waals surface area (Å²) in [6, 6.07) is 5.77. The molecule has 1 aliphatic rings. The highest BCUT2D eigenvalue weighted by Gasteiger charge is 2.27. The van der Waals surface area contributed by atoms with Crippen LogP contribution in [0.2, 0.25) is 0 Å². The molecule has 114 valence electrons. The van der Waals surface area contributed by atoms with Gasteiger partial charge in [-0.05, 0) is 49.5 Å². The summed E-state index contributed by atoms with van der Waals surface area (Å²) in [5, 5.41) is 6.17. The normalized spacial score (nSPS) is 19.6. The monoisotopic (exact) mass is 293 g/mol. The molecule has 0 aliphatic heterocycles. The molecule has 0 amide bonds. The molecular weight excluding hydrogens is 262 g/mol. The van der Waals surface area contributed by atoms with E-state index < -0.39 is 0 Å². The maximum Gasteiger partial charge on any atom is 0.0445 e. The van der Waals surface area contributed by atoms with E-state index in [0.717, 1.165) is 11.8 Å². The average Bonchev–Trinajstić information content (AvgIpc) is 3.09. The zero-order chi connectivity index (χ0) is 14.4. The summed E-state index contributed by atoms with van der Waals surface area (Å²) in [4.78, 5) is 1.55. The molecule has 1 nitrogen and oxygen atoms in total. The number of rotatable bonds is 8. The van der Waals surface area contributed by atoms with E-state index in [0.29, 0.717) is 12.1 Å².